The van der Waals surface area contributed by atoms with E-state index in [0.717, 1.165) is 56.7 Å². The predicted molar refractivity (Wildman–Crippen MR) is 102 cm³/mol. The molecule has 26 heavy (non-hydrogen) atoms. The first-order valence-electron chi connectivity index (χ1n) is 9.36. The van der Waals surface area contributed by atoms with Gasteiger partial charge in [0.25, 0.3) is 0 Å². The fourth-order valence-corrected chi connectivity index (χ4v) is 3.49. The number of guanidine groups is 1. The van der Waals surface area contributed by atoms with Gasteiger partial charge in [0, 0.05) is 39.8 Å². The summed E-state index contributed by atoms with van der Waals surface area (Å²) >= 11 is 0. The summed E-state index contributed by atoms with van der Waals surface area (Å²) in [7, 11) is 3.57. The number of methoxy groups -OCH3 is 1. The Morgan fingerprint density at radius 3 is 3.04 bits per heavy atom. The summed E-state index contributed by atoms with van der Waals surface area (Å²) in [5, 5.41) is 6.85. The number of ether oxygens (including phenoxy) is 3. The van der Waals surface area contributed by atoms with Gasteiger partial charge in [-0.25, -0.2) is 0 Å². The highest BCUT2D eigenvalue weighted by atomic mass is 16.7. The Balaban J connectivity index is 1.39. The minimum absolute atomic E-state index is 0.316. The van der Waals surface area contributed by atoms with Gasteiger partial charge in [-0.15, -0.1) is 0 Å². The zero-order chi connectivity index (χ0) is 18.2. The number of nitrogens with one attached hydrogen (secondary N) is 2. The van der Waals surface area contributed by atoms with Crippen molar-refractivity contribution in [1.29, 1.82) is 0 Å². The van der Waals surface area contributed by atoms with Gasteiger partial charge in [0.1, 0.15) is 0 Å². The van der Waals surface area contributed by atoms with E-state index in [1.54, 1.807) is 7.11 Å². The van der Waals surface area contributed by atoms with Crippen LogP contribution < -0.4 is 20.1 Å². The molecule has 0 aliphatic carbocycles. The summed E-state index contributed by atoms with van der Waals surface area (Å²) in [4.78, 5) is 6.83. The van der Waals surface area contributed by atoms with Crippen LogP contribution in [0.4, 0.5) is 0 Å². The molecule has 0 amide bonds. The van der Waals surface area contributed by atoms with Crippen LogP contribution in [0.25, 0.3) is 0 Å². The Morgan fingerprint density at radius 2 is 2.19 bits per heavy atom. The second kappa shape index (κ2) is 9.64. The lowest BCUT2D eigenvalue weighted by atomic mass is 10.1. The van der Waals surface area contributed by atoms with Crippen LogP contribution in [0.3, 0.4) is 0 Å². The highest BCUT2D eigenvalue weighted by Crippen LogP contribution is 2.32. The van der Waals surface area contributed by atoms with Crippen molar-refractivity contribution in [3.05, 3.63) is 23.8 Å². The lowest BCUT2D eigenvalue weighted by molar-refractivity contribution is 0.141. The second-order valence-corrected chi connectivity index (χ2v) is 6.64. The van der Waals surface area contributed by atoms with Crippen LogP contribution >= 0.6 is 0 Å². The number of hydrogen-bond acceptors (Lipinski definition) is 5. The van der Waals surface area contributed by atoms with E-state index in [0.29, 0.717) is 12.8 Å². The molecule has 1 aromatic carbocycles. The normalized spacial score (nSPS) is 19.8. The summed E-state index contributed by atoms with van der Waals surface area (Å²) < 4.78 is 16.0. The van der Waals surface area contributed by atoms with E-state index >= 15 is 0 Å². The fraction of sp³-hybridized carbons (Fsp3) is 0.632. The van der Waals surface area contributed by atoms with Gasteiger partial charge in [-0.1, -0.05) is 6.07 Å². The van der Waals surface area contributed by atoms with Crippen molar-refractivity contribution in [2.75, 3.05) is 53.7 Å². The third kappa shape index (κ3) is 5.02. The van der Waals surface area contributed by atoms with Gasteiger partial charge in [-0.3, -0.25) is 9.89 Å². The minimum Gasteiger partial charge on any atom is -0.454 e. The van der Waals surface area contributed by atoms with Crippen molar-refractivity contribution >= 4 is 5.96 Å². The van der Waals surface area contributed by atoms with E-state index in [1.807, 2.05) is 19.2 Å². The minimum atomic E-state index is 0.316. The molecule has 7 heteroatoms. The van der Waals surface area contributed by atoms with Crippen molar-refractivity contribution in [3.63, 3.8) is 0 Å². The van der Waals surface area contributed by atoms with E-state index < -0.39 is 0 Å². The van der Waals surface area contributed by atoms with Crippen molar-refractivity contribution in [2.45, 2.75) is 25.3 Å². The molecule has 2 N–H and O–H groups in total. The Bertz CT molecular complexity index is 608. The third-order valence-electron chi connectivity index (χ3n) is 4.95. The smallest absolute Gasteiger partial charge is 0.231 e. The SMILES string of the molecule is CN=C(NCCc1ccc2c(c1)OCO2)NCC1CCCN1CCOC. The molecular formula is C19H30N4O3. The molecule has 1 aromatic rings. The van der Waals surface area contributed by atoms with Crippen molar-refractivity contribution < 1.29 is 14.2 Å². The number of aliphatic imine (C=N–C) groups is 1. The summed E-state index contributed by atoms with van der Waals surface area (Å²) in [6, 6.07) is 6.65. The molecule has 1 saturated heterocycles. The maximum atomic E-state index is 5.43. The molecule has 0 spiro atoms. The van der Waals surface area contributed by atoms with Gasteiger partial charge in [0.05, 0.1) is 6.61 Å². The molecule has 7 nitrogen and oxygen atoms in total. The standard InChI is InChI=1S/C19H30N4O3/c1-20-19(22-13-16-4-3-9-23(16)10-11-24-2)21-8-7-15-5-6-17-18(12-15)26-14-25-17/h5-6,12,16H,3-4,7-11,13-14H2,1-2H3,(H2,20,21,22). The molecule has 0 saturated carbocycles. The molecule has 2 heterocycles. The first-order chi connectivity index (χ1) is 12.8. The Hall–Kier alpha value is -1.99. The number of nitrogens with zero attached hydrogens (tertiary/aromatic N) is 2. The quantitative estimate of drug-likeness (QED) is 0.536. The predicted octanol–water partition coefficient (Wildman–Crippen LogP) is 1.23. The number of benzene rings is 1. The molecule has 0 aromatic heterocycles. The largest absolute Gasteiger partial charge is 0.454 e. The van der Waals surface area contributed by atoms with Crippen molar-refractivity contribution in [1.82, 2.24) is 15.5 Å². The van der Waals surface area contributed by atoms with Crippen LogP contribution in [0.5, 0.6) is 11.5 Å². The molecule has 2 aliphatic rings. The Kier molecular flexibility index (Phi) is 6.96. The van der Waals surface area contributed by atoms with Crippen LogP contribution in [0.15, 0.2) is 23.2 Å². The molecular weight excluding hydrogens is 332 g/mol. The molecule has 144 valence electrons. The monoisotopic (exact) mass is 362 g/mol. The molecule has 3 rings (SSSR count). The Labute approximate surface area is 155 Å². The lowest BCUT2D eigenvalue weighted by Crippen LogP contribution is -2.45. The maximum Gasteiger partial charge on any atom is 0.231 e. The first kappa shape index (κ1) is 18.8. The molecule has 2 aliphatic heterocycles. The highest BCUT2D eigenvalue weighted by Gasteiger charge is 2.23. The molecule has 0 bridgehead atoms. The lowest BCUT2D eigenvalue weighted by Gasteiger charge is -2.25. The van der Waals surface area contributed by atoms with E-state index in [2.05, 4.69) is 26.6 Å². The van der Waals surface area contributed by atoms with E-state index in [9.17, 15) is 0 Å². The zero-order valence-corrected chi connectivity index (χ0v) is 15.8. The van der Waals surface area contributed by atoms with Gasteiger partial charge in [-0.05, 0) is 43.5 Å². The Morgan fingerprint density at radius 1 is 1.31 bits per heavy atom. The first-order valence-corrected chi connectivity index (χ1v) is 9.36. The molecule has 1 unspecified atom stereocenters. The highest BCUT2D eigenvalue weighted by molar-refractivity contribution is 5.79. The fourth-order valence-electron chi connectivity index (χ4n) is 3.49. The summed E-state index contributed by atoms with van der Waals surface area (Å²) in [6.45, 7) is 4.99. The van der Waals surface area contributed by atoms with Crippen LogP contribution in [-0.4, -0.2) is 70.6 Å². The number of likely N-dealkylation sites (tertiary alicyclic amines) is 1. The van der Waals surface area contributed by atoms with Gasteiger partial charge < -0.3 is 24.8 Å². The average molecular weight is 362 g/mol. The van der Waals surface area contributed by atoms with Gasteiger partial charge in [0.2, 0.25) is 6.79 Å². The van der Waals surface area contributed by atoms with Crippen molar-refractivity contribution in [2.24, 2.45) is 4.99 Å². The average Bonchev–Trinajstić information content (AvgIpc) is 3.31. The van der Waals surface area contributed by atoms with E-state index in [4.69, 9.17) is 14.2 Å². The van der Waals surface area contributed by atoms with Crippen LogP contribution in [0.2, 0.25) is 0 Å². The summed E-state index contributed by atoms with van der Waals surface area (Å²) in [5.41, 5.74) is 1.22. The van der Waals surface area contributed by atoms with Gasteiger partial charge >= 0.3 is 0 Å². The number of fused-ring (bicyclic) bond motifs is 1. The molecule has 1 atom stereocenters. The summed E-state index contributed by atoms with van der Waals surface area (Å²) in [5.74, 6) is 2.51. The van der Waals surface area contributed by atoms with Crippen LogP contribution in [-0.2, 0) is 11.2 Å². The molecule has 0 radical (unpaired) electrons. The van der Waals surface area contributed by atoms with Crippen LogP contribution in [0.1, 0.15) is 18.4 Å². The maximum absolute atomic E-state index is 5.43. The topological polar surface area (TPSA) is 67.4 Å². The molecule has 1 fully saturated rings. The second-order valence-electron chi connectivity index (χ2n) is 6.64. The number of rotatable bonds is 8. The van der Waals surface area contributed by atoms with Crippen molar-refractivity contribution in [3.8, 4) is 11.5 Å². The summed E-state index contributed by atoms with van der Waals surface area (Å²) in [6.07, 6.45) is 3.39. The third-order valence-corrected chi connectivity index (χ3v) is 4.95. The van der Waals surface area contributed by atoms with E-state index in [1.165, 1.54) is 18.4 Å². The number of hydrogen-bond donors (Lipinski definition) is 2. The van der Waals surface area contributed by atoms with Gasteiger partial charge in [-0.2, -0.15) is 0 Å². The van der Waals surface area contributed by atoms with Crippen LogP contribution in [0, 0.1) is 0 Å². The van der Waals surface area contributed by atoms with Gasteiger partial charge in [0.15, 0.2) is 17.5 Å². The van der Waals surface area contributed by atoms with E-state index in [-0.39, 0.29) is 0 Å². The zero-order valence-electron chi connectivity index (χ0n) is 15.8.